The predicted octanol–water partition coefficient (Wildman–Crippen LogP) is 3.07. The van der Waals surface area contributed by atoms with Gasteiger partial charge in [-0.15, -0.1) is 0 Å². The number of amides is 1. The van der Waals surface area contributed by atoms with E-state index < -0.39 is 5.91 Å². The van der Waals surface area contributed by atoms with Crippen LogP contribution in [0.1, 0.15) is 15.9 Å². The maximum absolute atomic E-state index is 11.2. The first kappa shape index (κ1) is 13.2. The Morgan fingerprint density at radius 1 is 1.21 bits per heavy atom. The maximum atomic E-state index is 11.2. The standard InChI is InChI=1S/C14H14ClN3O/c1-8-4-2-6-10(15)13(8)18-11-7-3-5-9(12(11)16)14(17)19/h2-7,18H,16H2,1H3,(H2,17,19). The molecule has 0 saturated heterocycles. The Morgan fingerprint density at radius 3 is 2.53 bits per heavy atom. The minimum absolute atomic E-state index is 0.287. The van der Waals surface area contributed by atoms with Gasteiger partial charge in [-0.1, -0.05) is 29.8 Å². The fourth-order valence-corrected chi connectivity index (χ4v) is 2.08. The number of hydrogen-bond donors (Lipinski definition) is 3. The van der Waals surface area contributed by atoms with Crippen LogP contribution in [0, 0.1) is 6.92 Å². The van der Waals surface area contributed by atoms with Crippen LogP contribution in [0.2, 0.25) is 5.02 Å². The molecule has 0 aromatic heterocycles. The molecule has 0 heterocycles. The number of carbonyl (C=O) groups excluding carboxylic acids is 1. The zero-order valence-corrected chi connectivity index (χ0v) is 11.2. The number of hydrogen-bond acceptors (Lipinski definition) is 3. The molecule has 5 heteroatoms. The van der Waals surface area contributed by atoms with E-state index in [1.165, 1.54) is 0 Å². The average molecular weight is 276 g/mol. The van der Waals surface area contributed by atoms with Crippen LogP contribution >= 0.6 is 11.6 Å². The van der Waals surface area contributed by atoms with Gasteiger partial charge in [0.1, 0.15) is 0 Å². The van der Waals surface area contributed by atoms with E-state index in [4.69, 9.17) is 23.1 Å². The fourth-order valence-electron chi connectivity index (χ4n) is 1.81. The molecular formula is C14H14ClN3O. The van der Waals surface area contributed by atoms with Gasteiger partial charge in [-0.2, -0.15) is 0 Å². The van der Waals surface area contributed by atoms with Crippen molar-refractivity contribution in [1.29, 1.82) is 0 Å². The highest BCUT2D eigenvalue weighted by molar-refractivity contribution is 6.33. The molecule has 0 aliphatic rings. The fraction of sp³-hybridized carbons (Fsp3) is 0.0714. The van der Waals surface area contributed by atoms with Gasteiger partial charge < -0.3 is 16.8 Å². The lowest BCUT2D eigenvalue weighted by molar-refractivity contribution is 0.100. The van der Waals surface area contributed by atoms with Gasteiger partial charge in [0.2, 0.25) is 0 Å². The van der Waals surface area contributed by atoms with E-state index in [1.807, 2.05) is 19.1 Å². The molecule has 1 amide bonds. The van der Waals surface area contributed by atoms with E-state index in [2.05, 4.69) is 5.32 Å². The Hall–Kier alpha value is -2.20. The van der Waals surface area contributed by atoms with E-state index in [1.54, 1.807) is 24.3 Å². The lowest BCUT2D eigenvalue weighted by Gasteiger charge is -2.14. The van der Waals surface area contributed by atoms with Gasteiger partial charge in [-0.05, 0) is 30.7 Å². The quantitative estimate of drug-likeness (QED) is 0.753. The Labute approximate surface area is 116 Å². The second-order valence-corrected chi connectivity index (χ2v) is 4.59. The molecule has 5 N–H and O–H groups in total. The third-order valence-corrected chi connectivity index (χ3v) is 3.17. The van der Waals surface area contributed by atoms with Gasteiger partial charge in [0.25, 0.3) is 5.91 Å². The number of halogens is 1. The normalized spacial score (nSPS) is 10.2. The van der Waals surface area contributed by atoms with E-state index >= 15 is 0 Å². The summed E-state index contributed by atoms with van der Waals surface area (Å²) in [6, 6.07) is 10.7. The van der Waals surface area contributed by atoms with Crippen LogP contribution in [0.5, 0.6) is 0 Å². The average Bonchev–Trinajstić information content (AvgIpc) is 2.35. The zero-order chi connectivity index (χ0) is 14.0. The summed E-state index contributed by atoms with van der Waals surface area (Å²) in [6.07, 6.45) is 0. The molecule has 0 spiro atoms. The number of benzene rings is 2. The molecule has 2 aromatic carbocycles. The van der Waals surface area contributed by atoms with Crippen LogP contribution in [0.3, 0.4) is 0 Å². The largest absolute Gasteiger partial charge is 0.396 e. The molecule has 4 nitrogen and oxygen atoms in total. The van der Waals surface area contributed by atoms with Crippen molar-refractivity contribution in [2.75, 3.05) is 11.1 Å². The highest BCUT2D eigenvalue weighted by Crippen LogP contribution is 2.32. The molecule has 2 aromatic rings. The summed E-state index contributed by atoms with van der Waals surface area (Å²) >= 11 is 6.14. The molecule has 98 valence electrons. The topological polar surface area (TPSA) is 81.1 Å². The molecule has 0 radical (unpaired) electrons. The highest BCUT2D eigenvalue weighted by Gasteiger charge is 2.11. The smallest absolute Gasteiger partial charge is 0.250 e. The van der Waals surface area contributed by atoms with Crippen molar-refractivity contribution in [1.82, 2.24) is 0 Å². The van der Waals surface area contributed by atoms with Gasteiger partial charge in [0.05, 0.1) is 27.6 Å². The van der Waals surface area contributed by atoms with Crippen molar-refractivity contribution < 1.29 is 4.79 Å². The number of primary amides is 1. The molecule has 0 atom stereocenters. The summed E-state index contributed by atoms with van der Waals surface area (Å²) in [5.41, 5.74) is 14.1. The number of anilines is 3. The van der Waals surface area contributed by atoms with Crippen molar-refractivity contribution in [3.05, 3.63) is 52.5 Å². The van der Waals surface area contributed by atoms with Crippen molar-refractivity contribution in [3.8, 4) is 0 Å². The van der Waals surface area contributed by atoms with E-state index in [-0.39, 0.29) is 5.56 Å². The first-order valence-corrected chi connectivity index (χ1v) is 6.09. The molecule has 2 rings (SSSR count). The SMILES string of the molecule is Cc1cccc(Cl)c1Nc1cccc(C(N)=O)c1N. The summed E-state index contributed by atoms with van der Waals surface area (Å²) in [6.45, 7) is 1.93. The molecule has 0 aliphatic carbocycles. The van der Waals surface area contributed by atoms with E-state index in [0.717, 1.165) is 11.3 Å². The van der Waals surface area contributed by atoms with Crippen molar-refractivity contribution in [2.45, 2.75) is 6.92 Å². The molecule has 0 fully saturated rings. The van der Waals surface area contributed by atoms with Gasteiger partial charge in [-0.25, -0.2) is 0 Å². The molecule has 19 heavy (non-hydrogen) atoms. The van der Waals surface area contributed by atoms with Gasteiger partial charge in [-0.3, -0.25) is 4.79 Å². The van der Waals surface area contributed by atoms with E-state index in [9.17, 15) is 4.79 Å². The minimum Gasteiger partial charge on any atom is -0.396 e. The highest BCUT2D eigenvalue weighted by atomic mass is 35.5. The summed E-state index contributed by atoms with van der Waals surface area (Å²) < 4.78 is 0. The minimum atomic E-state index is -0.558. The van der Waals surface area contributed by atoms with Crippen LogP contribution in [-0.2, 0) is 0 Å². The Kier molecular flexibility index (Phi) is 3.62. The van der Waals surface area contributed by atoms with Crippen LogP contribution in [-0.4, -0.2) is 5.91 Å². The van der Waals surface area contributed by atoms with Gasteiger partial charge >= 0.3 is 0 Å². The Morgan fingerprint density at radius 2 is 1.89 bits per heavy atom. The number of para-hydroxylation sites is 2. The zero-order valence-electron chi connectivity index (χ0n) is 10.4. The Bertz CT molecular complexity index is 620. The third kappa shape index (κ3) is 2.63. The van der Waals surface area contributed by atoms with Crippen molar-refractivity contribution in [2.24, 2.45) is 5.73 Å². The second kappa shape index (κ2) is 5.20. The third-order valence-electron chi connectivity index (χ3n) is 2.85. The summed E-state index contributed by atoms with van der Waals surface area (Å²) in [7, 11) is 0. The van der Waals surface area contributed by atoms with Gasteiger partial charge in [0.15, 0.2) is 0 Å². The molecule has 0 saturated carbocycles. The van der Waals surface area contributed by atoms with E-state index in [0.29, 0.717) is 16.4 Å². The molecular weight excluding hydrogens is 262 g/mol. The lowest BCUT2D eigenvalue weighted by Crippen LogP contribution is -2.14. The maximum Gasteiger partial charge on any atom is 0.250 e. The lowest BCUT2D eigenvalue weighted by atomic mass is 10.1. The number of nitrogen functional groups attached to an aromatic ring is 1. The molecule has 0 bridgehead atoms. The number of nitrogens with two attached hydrogens (primary N) is 2. The number of nitrogens with one attached hydrogen (secondary N) is 1. The van der Waals surface area contributed by atoms with Crippen molar-refractivity contribution >= 4 is 34.6 Å². The van der Waals surface area contributed by atoms with Crippen LogP contribution in [0.4, 0.5) is 17.1 Å². The first-order valence-electron chi connectivity index (χ1n) is 5.71. The van der Waals surface area contributed by atoms with Crippen molar-refractivity contribution in [3.63, 3.8) is 0 Å². The van der Waals surface area contributed by atoms with Crippen LogP contribution < -0.4 is 16.8 Å². The predicted molar refractivity (Wildman–Crippen MR) is 78.8 cm³/mol. The van der Waals surface area contributed by atoms with Gasteiger partial charge in [0, 0.05) is 0 Å². The number of aryl methyl sites for hydroxylation is 1. The van der Waals surface area contributed by atoms with Crippen LogP contribution in [0.25, 0.3) is 0 Å². The summed E-state index contributed by atoms with van der Waals surface area (Å²) in [4.78, 5) is 11.2. The summed E-state index contributed by atoms with van der Waals surface area (Å²) in [5, 5.41) is 3.73. The second-order valence-electron chi connectivity index (χ2n) is 4.19. The Balaban J connectivity index is 2.45. The number of rotatable bonds is 3. The number of carbonyl (C=O) groups is 1. The summed E-state index contributed by atoms with van der Waals surface area (Å²) in [5.74, 6) is -0.558. The molecule has 0 unspecified atom stereocenters. The molecule has 0 aliphatic heterocycles. The monoisotopic (exact) mass is 275 g/mol. The van der Waals surface area contributed by atoms with Crippen LogP contribution in [0.15, 0.2) is 36.4 Å². The first-order chi connectivity index (χ1) is 9.00.